The maximum atomic E-state index is 12.5. The summed E-state index contributed by atoms with van der Waals surface area (Å²) in [5.74, 6) is 2.23. The van der Waals surface area contributed by atoms with Gasteiger partial charge in [0.15, 0.2) is 0 Å². The molecule has 0 radical (unpaired) electrons. The van der Waals surface area contributed by atoms with Gasteiger partial charge in [0.05, 0.1) is 20.1 Å². The van der Waals surface area contributed by atoms with E-state index in [0.717, 1.165) is 23.6 Å². The second-order valence-electron chi connectivity index (χ2n) is 6.50. The Morgan fingerprint density at radius 3 is 2.73 bits per heavy atom. The van der Waals surface area contributed by atoms with Crippen molar-refractivity contribution in [3.63, 3.8) is 0 Å². The minimum Gasteiger partial charge on any atom is -0.497 e. The van der Waals surface area contributed by atoms with E-state index in [0.29, 0.717) is 25.4 Å². The van der Waals surface area contributed by atoms with Crippen molar-refractivity contribution in [2.24, 2.45) is 0 Å². The van der Waals surface area contributed by atoms with Crippen molar-refractivity contribution < 1.29 is 14.3 Å². The van der Waals surface area contributed by atoms with Gasteiger partial charge < -0.3 is 19.3 Å². The molecule has 2 heterocycles. The summed E-state index contributed by atoms with van der Waals surface area (Å²) in [5.41, 5.74) is 0.978. The minimum atomic E-state index is -0.0419. The Bertz CT molecular complexity index is 749. The highest BCUT2D eigenvalue weighted by atomic mass is 16.5. The normalized spacial score (nSPS) is 16.4. The highest BCUT2D eigenvalue weighted by Crippen LogP contribution is 2.20. The Kier molecular flexibility index (Phi) is 5.55. The van der Waals surface area contributed by atoms with E-state index in [2.05, 4.69) is 9.97 Å². The lowest BCUT2D eigenvalue weighted by atomic mass is 10.1. The summed E-state index contributed by atoms with van der Waals surface area (Å²) in [6.07, 6.45) is 2.64. The molecule has 7 nitrogen and oxygen atoms in total. The van der Waals surface area contributed by atoms with Crippen LogP contribution < -0.4 is 14.4 Å². The first-order chi connectivity index (χ1) is 12.5. The predicted octanol–water partition coefficient (Wildman–Crippen LogP) is 1.77. The molecule has 0 N–H and O–H groups in total. The van der Waals surface area contributed by atoms with Crippen LogP contribution >= 0.6 is 0 Å². The summed E-state index contributed by atoms with van der Waals surface area (Å²) >= 11 is 0. The predicted molar refractivity (Wildman–Crippen MR) is 98.7 cm³/mol. The maximum Gasteiger partial charge on any atom is 0.227 e. The molecular weight excluding hydrogens is 332 g/mol. The van der Waals surface area contributed by atoms with E-state index < -0.39 is 0 Å². The molecule has 0 bridgehead atoms. The minimum absolute atomic E-state index is 0.0419. The van der Waals surface area contributed by atoms with Crippen LogP contribution in [0.15, 0.2) is 36.7 Å². The van der Waals surface area contributed by atoms with Crippen molar-refractivity contribution in [2.75, 3.05) is 39.2 Å². The lowest BCUT2D eigenvalue weighted by molar-refractivity contribution is -0.129. The number of benzene rings is 1. The van der Waals surface area contributed by atoms with Crippen molar-refractivity contribution in [3.05, 3.63) is 42.2 Å². The number of carbonyl (C=O) groups excluding carboxylic acids is 1. The molecule has 3 rings (SSSR count). The van der Waals surface area contributed by atoms with Gasteiger partial charge in [-0.25, -0.2) is 9.97 Å². The quantitative estimate of drug-likeness (QED) is 0.786. The van der Waals surface area contributed by atoms with Crippen LogP contribution in [0.25, 0.3) is 0 Å². The van der Waals surface area contributed by atoms with E-state index in [1.165, 1.54) is 6.33 Å². The molecular formula is C19H24N4O3. The maximum absolute atomic E-state index is 12.5. The third kappa shape index (κ3) is 4.41. The number of nitrogens with zero attached hydrogens (tertiary/aromatic N) is 4. The molecule has 7 heteroatoms. The van der Waals surface area contributed by atoms with Gasteiger partial charge in [0.2, 0.25) is 11.8 Å². The lowest BCUT2D eigenvalue weighted by Gasteiger charge is -2.18. The van der Waals surface area contributed by atoms with Crippen molar-refractivity contribution in [1.29, 1.82) is 0 Å². The first-order valence-corrected chi connectivity index (χ1v) is 8.62. The number of amides is 1. The van der Waals surface area contributed by atoms with Crippen LogP contribution in [0.5, 0.6) is 11.6 Å². The zero-order chi connectivity index (χ0) is 18.5. The first kappa shape index (κ1) is 18.0. The summed E-state index contributed by atoms with van der Waals surface area (Å²) in [4.78, 5) is 24.6. The smallest absolute Gasteiger partial charge is 0.227 e. The van der Waals surface area contributed by atoms with Crippen molar-refractivity contribution in [1.82, 2.24) is 14.9 Å². The monoisotopic (exact) mass is 356 g/mol. The van der Waals surface area contributed by atoms with E-state index in [-0.39, 0.29) is 12.0 Å². The molecule has 0 saturated carbocycles. The summed E-state index contributed by atoms with van der Waals surface area (Å²) in [6.45, 7) is 1.28. The molecule has 1 saturated heterocycles. The van der Waals surface area contributed by atoms with Crippen LogP contribution in [0.4, 0.5) is 5.82 Å². The number of methoxy groups -OCH3 is 1. The largest absolute Gasteiger partial charge is 0.497 e. The summed E-state index contributed by atoms with van der Waals surface area (Å²) in [6, 6.07) is 9.39. The highest BCUT2D eigenvalue weighted by Gasteiger charge is 2.28. The topological polar surface area (TPSA) is 67.8 Å². The number of aromatic nitrogens is 2. The number of rotatable bonds is 6. The molecule has 1 atom stereocenters. The van der Waals surface area contributed by atoms with Crippen LogP contribution in [0.3, 0.4) is 0 Å². The van der Waals surface area contributed by atoms with E-state index in [1.54, 1.807) is 7.11 Å². The zero-order valence-electron chi connectivity index (χ0n) is 15.4. The Labute approximate surface area is 153 Å². The van der Waals surface area contributed by atoms with Gasteiger partial charge in [0, 0.05) is 33.1 Å². The lowest BCUT2D eigenvalue weighted by Crippen LogP contribution is -2.32. The van der Waals surface area contributed by atoms with Gasteiger partial charge in [-0.2, -0.15) is 0 Å². The molecule has 1 amide bonds. The van der Waals surface area contributed by atoms with Crippen LogP contribution in [-0.2, 0) is 11.2 Å². The highest BCUT2D eigenvalue weighted by molar-refractivity contribution is 5.79. The average molecular weight is 356 g/mol. The van der Waals surface area contributed by atoms with Gasteiger partial charge >= 0.3 is 0 Å². The Morgan fingerprint density at radius 2 is 2.04 bits per heavy atom. The third-order valence-electron chi connectivity index (χ3n) is 4.39. The van der Waals surface area contributed by atoms with Crippen LogP contribution in [0.1, 0.15) is 12.0 Å². The van der Waals surface area contributed by atoms with Crippen LogP contribution in [0.2, 0.25) is 0 Å². The average Bonchev–Trinajstić information content (AvgIpc) is 3.11. The fraction of sp³-hybridized carbons (Fsp3) is 0.421. The Hall–Kier alpha value is -2.83. The molecule has 26 heavy (non-hydrogen) atoms. The van der Waals surface area contributed by atoms with E-state index >= 15 is 0 Å². The van der Waals surface area contributed by atoms with Gasteiger partial charge in [-0.3, -0.25) is 4.79 Å². The molecule has 0 unspecified atom stereocenters. The summed E-state index contributed by atoms with van der Waals surface area (Å²) in [7, 11) is 5.46. The molecule has 1 aromatic heterocycles. The fourth-order valence-corrected chi connectivity index (χ4v) is 2.89. The Balaban J connectivity index is 1.54. The number of ether oxygens (including phenoxy) is 2. The van der Waals surface area contributed by atoms with Gasteiger partial charge in [-0.15, -0.1) is 0 Å². The van der Waals surface area contributed by atoms with Crippen molar-refractivity contribution in [3.8, 4) is 11.6 Å². The Morgan fingerprint density at radius 1 is 1.27 bits per heavy atom. The van der Waals surface area contributed by atoms with Gasteiger partial charge in [0.1, 0.15) is 24.0 Å². The number of anilines is 1. The number of likely N-dealkylation sites (tertiary alicyclic amines) is 1. The van der Waals surface area contributed by atoms with Crippen LogP contribution in [-0.4, -0.2) is 61.2 Å². The molecule has 0 aliphatic carbocycles. The van der Waals surface area contributed by atoms with Crippen molar-refractivity contribution in [2.45, 2.75) is 18.9 Å². The first-order valence-electron chi connectivity index (χ1n) is 8.62. The van der Waals surface area contributed by atoms with Gasteiger partial charge in [0.25, 0.3) is 0 Å². The summed E-state index contributed by atoms with van der Waals surface area (Å²) < 4.78 is 11.1. The van der Waals surface area contributed by atoms with Gasteiger partial charge in [-0.1, -0.05) is 12.1 Å². The van der Waals surface area contributed by atoms with E-state index in [1.807, 2.05) is 54.2 Å². The zero-order valence-corrected chi connectivity index (χ0v) is 15.4. The number of hydrogen-bond donors (Lipinski definition) is 0. The molecule has 1 fully saturated rings. The molecule has 2 aromatic rings. The van der Waals surface area contributed by atoms with E-state index in [9.17, 15) is 4.79 Å². The SMILES string of the molecule is COc1ccc(CC(=O)N2CC[C@@H](Oc3cc(N(C)C)ncn3)C2)cc1. The molecule has 0 spiro atoms. The number of carbonyl (C=O) groups is 1. The number of hydrogen-bond acceptors (Lipinski definition) is 6. The standard InChI is InChI=1S/C19H24N4O3/c1-22(2)17-11-18(21-13-20-17)26-16-8-9-23(12-16)19(24)10-14-4-6-15(25-3)7-5-14/h4-7,11,13,16H,8-10,12H2,1-3H3/t16-/m1/s1. The van der Waals surface area contributed by atoms with Crippen LogP contribution in [0, 0.1) is 0 Å². The second-order valence-corrected chi connectivity index (χ2v) is 6.50. The molecule has 1 aliphatic rings. The second kappa shape index (κ2) is 8.03. The van der Waals surface area contributed by atoms with Gasteiger partial charge in [-0.05, 0) is 17.7 Å². The molecule has 1 aromatic carbocycles. The molecule has 1 aliphatic heterocycles. The fourth-order valence-electron chi connectivity index (χ4n) is 2.89. The summed E-state index contributed by atoms with van der Waals surface area (Å²) in [5, 5.41) is 0. The third-order valence-corrected chi connectivity index (χ3v) is 4.39. The van der Waals surface area contributed by atoms with E-state index in [4.69, 9.17) is 9.47 Å². The van der Waals surface area contributed by atoms with Crippen molar-refractivity contribution >= 4 is 11.7 Å². The molecule has 138 valence electrons.